The van der Waals surface area contributed by atoms with E-state index in [0.29, 0.717) is 14.8 Å². The van der Waals surface area contributed by atoms with Gasteiger partial charge < -0.3 is 14.8 Å². The zero-order valence-electron chi connectivity index (χ0n) is 11.3. The number of aliphatic hydroxyl groups is 1. The smallest absolute Gasteiger partial charge is 0.261 e. The SMILES string of the molecule is O=C(NC[C@](O)(c1ccoc1)c1cccs1)c1ccc(Cl)s1. The van der Waals surface area contributed by atoms with Gasteiger partial charge in [-0.1, -0.05) is 17.7 Å². The standard InChI is InChI=1S/C15H12ClNO3S2/c16-13-4-3-11(22-13)14(18)17-9-15(19,10-5-6-20-8-10)12-2-1-7-21-12/h1-8,19H,9H2,(H,17,18)/t15-/m0/s1. The Hall–Kier alpha value is -1.60. The average Bonchev–Trinajstić information content (AvgIpc) is 3.24. The third-order valence-electron chi connectivity index (χ3n) is 3.23. The summed E-state index contributed by atoms with van der Waals surface area (Å²) in [6, 6.07) is 8.69. The summed E-state index contributed by atoms with van der Waals surface area (Å²) >= 11 is 8.45. The molecule has 22 heavy (non-hydrogen) atoms. The molecule has 1 atom stereocenters. The van der Waals surface area contributed by atoms with Crippen molar-refractivity contribution in [3.05, 3.63) is 67.9 Å². The maximum absolute atomic E-state index is 12.2. The second-order valence-electron chi connectivity index (χ2n) is 4.64. The van der Waals surface area contributed by atoms with Gasteiger partial charge in [0.05, 0.1) is 28.3 Å². The fraction of sp³-hybridized carbons (Fsp3) is 0.133. The van der Waals surface area contributed by atoms with Crippen molar-refractivity contribution in [3.8, 4) is 0 Å². The molecule has 3 heterocycles. The lowest BCUT2D eigenvalue weighted by atomic mass is 9.94. The minimum Gasteiger partial charge on any atom is -0.472 e. The minimum absolute atomic E-state index is 0.0431. The van der Waals surface area contributed by atoms with Gasteiger partial charge in [-0.05, 0) is 29.6 Å². The predicted molar refractivity (Wildman–Crippen MR) is 87.7 cm³/mol. The van der Waals surface area contributed by atoms with Gasteiger partial charge in [-0.25, -0.2) is 0 Å². The van der Waals surface area contributed by atoms with Gasteiger partial charge in [-0.2, -0.15) is 0 Å². The van der Waals surface area contributed by atoms with Crippen LogP contribution >= 0.6 is 34.3 Å². The Bertz CT molecular complexity index is 715. The lowest BCUT2D eigenvalue weighted by molar-refractivity contribution is 0.0716. The number of rotatable bonds is 5. The van der Waals surface area contributed by atoms with Crippen LogP contribution in [-0.2, 0) is 5.60 Å². The maximum Gasteiger partial charge on any atom is 0.261 e. The molecule has 0 bridgehead atoms. The summed E-state index contributed by atoms with van der Waals surface area (Å²) in [7, 11) is 0. The van der Waals surface area contributed by atoms with E-state index in [0.717, 1.165) is 4.88 Å². The Morgan fingerprint density at radius 2 is 2.23 bits per heavy atom. The van der Waals surface area contributed by atoms with Crippen molar-refractivity contribution in [1.29, 1.82) is 0 Å². The van der Waals surface area contributed by atoms with E-state index in [1.54, 1.807) is 18.2 Å². The highest BCUT2D eigenvalue weighted by Crippen LogP contribution is 2.32. The summed E-state index contributed by atoms with van der Waals surface area (Å²) in [5, 5.41) is 15.7. The van der Waals surface area contributed by atoms with Crippen LogP contribution in [0, 0.1) is 0 Å². The van der Waals surface area contributed by atoms with Crippen LogP contribution in [0.1, 0.15) is 20.1 Å². The second kappa shape index (κ2) is 6.26. The highest BCUT2D eigenvalue weighted by Gasteiger charge is 2.34. The van der Waals surface area contributed by atoms with Crippen LogP contribution in [0.15, 0.2) is 52.7 Å². The summed E-state index contributed by atoms with van der Waals surface area (Å²) < 4.78 is 5.62. The normalized spacial score (nSPS) is 13.7. The molecule has 0 saturated carbocycles. The third-order valence-corrected chi connectivity index (χ3v) is 5.48. The first-order chi connectivity index (χ1) is 10.6. The Morgan fingerprint density at radius 3 is 2.82 bits per heavy atom. The largest absolute Gasteiger partial charge is 0.472 e. The van der Waals surface area contributed by atoms with Gasteiger partial charge in [0.1, 0.15) is 5.60 Å². The number of hydrogen-bond acceptors (Lipinski definition) is 5. The van der Waals surface area contributed by atoms with Crippen molar-refractivity contribution >= 4 is 40.2 Å². The van der Waals surface area contributed by atoms with Gasteiger partial charge in [0.25, 0.3) is 5.91 Å². The average molecular weight is 354 g/mol. The maximum atomic E-state index is 12.2. The van der Waals surface area contributed by atoms with Crippen LogP contribution < -0.4 is 5.32 Å². The van der Waals surface area contributed by atoms with E-state index in [-0.39, 0.29) is 12.5 Å². The summed E-state index contributed by atoms with van der Waals surface area (Å²) in [6.45, 7) is 0.0431. The zero-order chi connectivity index (χ0) is 15.6. The molecule has 0 spiro atoms. The van der Waals surface area contributed by atoms with Crippen LogP contribution in [0.3, 0.4) is 0 Å². The molecule has 0 aliphatic rings. The fourth-order valence-corrected chi connectivity index (χ4v) is 3.88. The first-order valence-corrected chi connectivity index (χ1v) is 8.49. The van der Waals surface area contributed by atoms with Crippen molar-refractivity contribution in [1.82, 2.24) is 5.32 Å². The molecule has 3 aromatic rings. The molecule has 7 heteroatoms. The van der Waals surface area contributed by atoms with Gasteiger partial charge in [-0.15, -0.1) is 22.7 Å². The quantitative estimate of drug-likeness (QED) is 0.734. The highest BCUT2D eigenvalue weighted by atomic mass is 35.5. The molecule has 0 radical (unpaired) electrons. The Balaban J connectivity index is 1.81. The Morgan fingerprint density at radius 1 is 1.36 bits per heavy atom. The van der Waals surface area contributed by atoms with Crippen molar-refractivity contribution in [3.63, 3.8) is 0 Å². The Kier molecular flexibility index (Phi) is 4.35. The summed E-state index contributed by atoms with van der Waals surface area (Å²) in [6.07, 6.45) is 2.97. The van der Waals surface area contributed by atoms with Crippen LogP contribution in [0.5, 0.6) is 0 Å². The molecule has 1 amide bonds. The van der Waals surface area contributed by atoms with Crippen molar-refractivity contribution in [2.45, 2.75) is 5.60 Å². The molecule has 4 nitrogen and oxygen atoms in total. The van der Waals surface area contributed by atoms with Crippen molar-refractivity contribution < 1.29 is 14.3 Å². The van der Waals surface area contributed by atoms with Gasteiger partial charge >= 0.3 is 0 Å². The number of furan rings is 1. The number of carbonyl (C=O) groups excluding carboxylic acids is 1. The second-order valence-corrected chi connectivity index (χ2v) is 7.30. The number of nitrogens with one attached hydrogen (secondary N) is 1. The van der Waals surface area contributed by atoms with Gasteiger partial charge in [0, 0.05) is 10.4 Å². The number of carbonyl (C=O) groups is 1. The molecule has 2 N–H and O–H groups in total. The summed E-state index contributed by atoms with van der Waals surface area (Å²) in [4.78, 5) is 13.4. The monoisotopic (exact) mass is 353 g/mol. The molecular weight excluding hydrogens is 342 g/mol. The predicted octanol–water partition coefficient (Wildman–Crippen LogP) is 3.72. The number of thiophene rings is 2. The lowest BCUT2D eigenvalue weighted by Gasteiger charge is -2.26. The zero-order valence-corrected chi connectivity index (χ0v) is 13.7. The molecule has 3 rings (SSSR count). The highest BCUT2D eigenvalue weighted by molar-refractivity contribution is 7.18. The summed E-state index contributed by atoms with van der Waals surface area (Å²) in [5.41, 5.74) is -0.725. The molecule has 0 aliphatic heterocycles. The lowest BCUT2D eigenvalue weighted by Crippen LogP contribution is -2.40. The first-order valence-electron chi connectivity index (χ1n) is 6.42. The molecule has 114 valence electrons. The molecular formula is C15H12ClNO3S2. The number of halogens is 1. The first kappa shape index (κ1) is 15.3. The van der Waals surface area contributed by atoms with E-state index in [1.165, 1.54) is 35.2 Å². The third kappa shape index (κ3) is 2.96. The van der Waals surface area contributed by atoms with E-state index in [4.69, 9.17) is 16.0 Å². The topological polar surface area (TPSA) is 62.5 Å². The van der Waals surface area contributed by atoms with Gasteiger partial charge in [0.2, 0.25) is 0 Å². The number of amides is 1. The molecule has 0 aromatic carbocycles. The Labute approximate surface area is 140 Å². The van der Waals surface area contributed by atoms with Crippen LogP contribution in [-0.4, -0.2) is 17.6 Å². The van der Waals surface area contributed by atoms with Crippen LogP contribution in [0.25, 0.3) is 0 Å². The van der Waals surface area contributed by atoms with E-state index in [9.17, 15) is 9.90 Å². The molecule has 0 unspecified atom stereocenters. The van der Waals surface area contributed by atoms with Crippen molar-refractivity contribution in [2.24, 2.45) is 0 Å². The van der Waals surface area contributed by atoms with Crippen LogP contribution in [0.2, 0.25) is 4.34 Å². The number of hydrogen-bond donors (Lipinski definition) is 2. The van der Waals surface area contributed by atoms with Gasteiger partial charge in [-0.3, -0.25) is 4.79 Å². The molecule has 0 saturated heterocycles. The van der Waals surface area contributed by atoms with Crippen LogP contribution in [0.4, 0.5) is 0 Å². The van der Waals surface area contributed by atoms with E-state index in [1.807, 2.05) is 17.5 Å². The summed E-state index contributed by atoms with van der Waals surface area (Å²) in [5.74, 6) is -0.268. The van der Waals surface area contributed by atoms with E-state index < -0.39 is 5.60 Å². The van der Waals surface area contributed by atoms with Crippen molar-refractivity contribution in [2.75, 3.05) is 6.54 Å². The molecule has 0 fully saturated rings. The van der Waals surface area contributed by atoms with E-state index in [2.05, 4.69) is 5.32 Å². The minimum atomic E-state index is -1.32. The van der Waals surface area contributed by atoms with E-state index >= 15 is 0 Å². The fourth-order valence-electron chi connectivity index (χ4n) is 2.08. The molecule has 3 aromatic heterocycles. The molecule has 0 aliphatic carbocycles. The van der Waals surface area contributed by atoms with Gasteiger partial charge in [0.15, 0.2) is 0 Å².